The molecule has 0 aliphatic rings. The molecule has 0 amide bonds. The second kappa shape index (κ2) is 4.11. The lowest BCUT2D eigenvalue weighted by Crippen LogP contribution is -2.08. The lowest BCUT2D eigenvalue weighted by atomic mass is 10.1. The van der Waals surface area contributed by atoms with Crippen molar-refractivity contribution in [1.82, 2.24) is 0 Å². The van der Waals surface area contributed by atoms with Crippen molar-refractivity contribution < 1.29 is 14.6 Å². The maximum absolute atomic E-state index is 11.2. The minimum atomic E-state index is -0.565. The third-order valence-electron chi connectivity index (χ3n) is 1.95. The van der Waals surface area contributed by atoms with Crippen LogP contribution in [0.4, 0.5) is 0 Å². The molecule has 76 valence electrons. The van der Waals surface area contributed by atoms with Crippen LogP contribution in [0.3, 0.4) is 0 Å². The summed E-state index contributed by atoms with van der Waals surface area (Å²) < 4.78 is 4.51. The fourth-order valence-corrected chi connectivity index (χ4v) is 1.11. The molecule has 14 heavy (non-hydrogen) atoms. The van der Waals surface area contributed by atoms with E-state index in [1.54, 1.807) is 13.0 Å². The highest BCUT2D eigenvalue weighted by Crippen LogP contribution is 2.21. The van der Waals surface area contributed by atoms with E-state index in [1.807, 2.05) is 0 Å². The van der Waals surface area contributed by atoms with Crippen molar-refractivity contribution >= 4 is 5.97 Å². The van der Waals surface area contributed by atoms with Gasteiger partial charge in [0.25, 0.3) is 0 Å². The summed E-state index contributed by atoms with van der Waals surface area (Å²) in [4.78, 5) is 11.2. The second-order valence-corrected chi connectivity index (χ2v) is 3.06. The summed E-state index contributed by atoms with van der Waals surface area (Å²) in [6, 6.07) is 4.46. The van der Waals surface area contributed by atoms with Crippen LogP contribution in [-0.4, -0.2) is 18.2 Å². The van der Waals surface area contributed by atoms with Crippen molar-refractivity contribution in [3.8, 4) is 5.75 Å². The van der Waals surface area contributed by atoms with Crippen LogP contribution in [0.5, 0.6) is 5.75 Å². The number of benzene rings is 1. The Hall–Kier alpha value is -1.55. The number of hydrogen-bond donors (Lipinski definition) is 2. The molecule has 0 fully saturated rings. The van der Waals surface area contributed by atoms with Crippen LogP contribution in [0.2, 0.25) is 0 Å². The lowest BCUT2D eigenvalue weighted by Gasteiger charge is -2.08. The Bertz CT molecular complexity index is 347. The molecule has 4 heteroatoms. The number of nitrogens with two attached hydrogens (primary N) is 1. The fraction of sp³-hybridized carbons (Fsp3) is 0.300. The van der Waals surface area contributed by atoms with Crippen molar-refractivity contribution in [1.29, 1.82) is 0 Å². The summed E-state index contributed by atoms with van der Waals surface area (Å²) in [5, 5.41) is 9.38. The highest BCUT2D eigenvalue weighted by Gasteiger charge is 2.12. The standard InChI is InChI=1S/C10H13NO3/c1-6(11)7-3-4-9(12)8(5-7)10(13)14-2/h3-6,12H,11H2,1-2H3/t6-/m1/s1. The van der Waals surface area contributed by atoms with E-state index in [4.69, 9.17) is 5.73 Å². The van der Waals surface area contributed by atoms with Gasteiger partial charge in [-0.1, -0.05) is 6.07 Å². The number of ether oxygens (including phenoxy) is 1. The first-order chi connectivity index (χ1) is 6.56. The van der Waals surface area contributed by atoms with Crippen molar-refractivity contribution in [2.24, 2.45) is 5.73 Å². The zero-order valence-corrected chi connectivity index (χ0v) is 8.15. The van der Waals surface area contributed by atoms with Crippen LogP contribution in [0.15, 0.2) is 18.2 Å². The smallest absolute Gasteiger partial charge is 0.341 e. The monoisotopic (exact) mass is 195 g/mol. The summed E-state index contributed by atoms with van der Waals surface area (Å²) in [6.45, 7) is 1.80. The molecule has 4 nitrogen and oxygen atoms in total. The van der Waals surface area contributed by atoms with Crippen molar-refractivity contribution in [2.75, 3.05) is 7.11 Å². The Balaban J connectivity index is 3.15. The molecule has 3 N–H and O–H groups in total. The van der Waals surface area contributed by atoms with Gasteiger partial charge in [-0.2, -0.15) is 0 Å². The molecule has 0 aliphatic heterocycles. The van der Waals surface area contributed by atoms with Crippen molar-refractivity contribution in [3.05, 3.63) is 29.3 Å². The molecule has 0 saturated heterocycles. The molecule has 0 spiro atoms. The Morgan fingerprint density at radius 1 is 1.57 bits per heavy atom. The van der Waals surface area contributed by atoms with Gasteiger partial charge in [-0.15, -0.1) is 0 Å². The number of carbonyl (C=O) groups is 1. The minimum Gasteiger partial charge on any atom is -0.507 e. The molecule has 1 aromatic rings. The third kappa shape index (κ3) is 2.03. The third-order valence-corrected chi connectivity index (χ3v) is 1.95. The Labute approximate surface area is 82.3 Å². The van der Waals surface area contributed by atoms with Gasteiger partial charge in [-0.3, -0.25) is 0 Å². The summed E-state index contributed by atoms with van der Waals surface area (Å²) in [5.41, 5.74) is 6.56. The van der Waals surface area contributed by atoms with E-state index >= 15 is 0 Å². The Morgan fingerprint density at radius 3 is 2.71 bits per heavy atom. The maximum Gasteiger partial charge on any atom is 0.341 e. The average molecular weight is 195 g/mol. The van der Waals surface area contributed by atoms with Gasteiger partial charge in [0.1, 0.15) is 11.3 Å². The number of esters is 1. The van der Waals surface area contributed by atoms with Gasteiger partial charge < -0.3 is 15.6 Å². The molecule has 0 aromatic heterocycles. The number of hydrogen-bond acceptors (Lipinski definition) is 4. The second-order valence-electron chi connectivity index (χ2n) is 3.06. The molecular weight excluding hydrogens is 182 g/mol. The summed E-state index contributed by atoms with van der Waals surface area (Å²) in [5.74, 6) is -0.661. The zero-order valence-electron chi connectivity index (χ0n) is 8.15. The van der Waals surface area contributed by atoms with E-state index in [0.717, 1.165) is 5.56 Å². The first kappa shape index (κ1) is 10.5. The van der Waals surface area contributed by atoms with Crippen molar-refractivity contribution in [3.63, 3.8) is 0 Å². The van der Waals surface area contributed by atoms with E-state index in [2.05, 4.69) is 4.74 Å². The normalized spacial score (nSPS) is 12.2. The zero-order chi connectivity index (χ0) is 10.7. The Morgan fingerprint density at radius 2 is 2.21 bits per heavy atom. The topological polar surface area (TPSA) is 72.5 Å². The number of aromatic hydroxyl groups is 1. The van der Waals surface area contributed by atoms with Crippen LogP contribution in [0, 0.1) is 0 Å². The summed E-state index contributed by atoms with van der Waals surface area (Å²) in [7, 11) is 1.26. The molecule has 0 bridgehead atoms. The average Bonchev–Trinajstić information content (AvgIpc) is 2.17. The molecule has 0 aliphatic carbocycles. The molecule has 0 heterocycles. The highest BCUT2D eigenvalue weighted by molar-refractivity contribution is 5.92. The minimum absolute atomic E-state index is 0.0961. The van der Waals surface area contributed by atoms with Gasteiger partial charge >= 0.3 is 5.97 Å². The van der Waals surface area contributed by atoms with Crippen LogP contribution in [0.25, 0.3) is 0 Å². The SMILES string of the molecule is COC(=O)c1cc([C@@H](C)N)ccc1O. The van der Waals surface area contributed by atoms with E-state index in [1.165, 1.54) is 19.2 Å². The number of phenols is 1. The van der Waals surface area contributed by atoms with Gasteiger partial charge in [0.15, 0.2) is 0 Å². The van der Waals surface area contributed by atoms with E-state index < -0.39 is 5.97 Å². The van der Waals surface area contributed by atoms with Gasteiger partial charge in [0, 0.05) is 6.04 Å². The van der Waals surface area contributed by atoms with Gasteiger partial charge in [0.2, 0.25) is 0 Å². The largest absolute Gasteiger partial charge is 0.507 e. The summed E-state index contributed by atoms with van der Waals surface area (Å²) >= 11 is 0. The summed E-state index contributed by atoms with van der Waals surface area (Å²) in [6.07, 6.45) is 0. The van der Waals surface area contributed by atoms with Gasteiger partial charge in [0.05, 0.1) is 7.11 Å². The molecule has 1 atom stereocenters. The van der Waals surface area contributed by atoms with Gasteiger partial charge in [-0.25, -0.2) is 4.79 Å². The first-order valence-electron chi connectivity index (χ1n) is 4.23. The van der Waals surface area contributed by atoms with Crippen molar-refractivity contribution in [2.45, 2.75) is 13.0 Å². The molecule has 0 saturated carbocycles. The first-order valence-corrected chi connectivity index (χ1v) is 4.23. The molecule has 0 unspecified atom stereocenters. The van der Waals surface area contributed by atoms with E-state index in [0.29, 0.717) is 0 Å². The maximum atomic E-state index is 11.2. The quantitative estimate of drug-likeness (QED) is 0.695. The number of methoxy groups -OCH3 is 1. The Kier molecular flexibility index (Phi) is 3.09. The van der Waals surface area contributed by atoms with E-state index in [9.17, 15) is 9.90 Å². The number of carbonyl (C=O) groups excluding carboxylic acids is 1. The van der Waals surface area contributed by atoms with Gasteiger partial charge in [-0.05, 0) is 24.6 Å². The predicted octanol–water partition coefficient (Wildman–Crippen LogP) is 1.20. The van der Waals surface area contributed by atoms with Crippen LogP contribution < -0.4 is 5.73 Å². The van der Waals surface area contributed by atoms with Crippen LogP contribution in [0.1, 0.15) is 28.9 Å². The number of rotatable bonds is 2. The fourth-order valence-electron chi connectivity index (χ4n) is 1.11. The van der Waals surface area contributed by atoms with Crippen LogP contribution in [-0.2, 0) is 4.74 Å². The molecule has 0 radical (unpaired) electrons. The lowest BCUT2D eigenvalue weighted by molar-refractivity contribution is 0.0597. The number of phenolic OH excluding ortho intramolecular Hbond substituents is 1. The molecule has 1 rings (SSSR count). The van der Waals surface area contributed by atoms with E-state index in [-0.39, 0.29) is 17.4 Å². The highest BCUT2D eigenvalue weighted by atomic mass is 16.5. The molecular formula is C10H13NO3. The molecule has 1 aromatic carbocycles. The predicted molar refractivity (Wildman–Crippen MR) is 52.0 cm³/mol. The van der Waals surface area contributed by atoms with Crippen LogP contribution >= 0.6 is 0 Å².